The molecule has 3 aromatic rings. The van der Waals surface area contributed by atoms with E-state index in [1.165, 1.54) is 31.6 Å². The number of nitrogens with zero attached hydrogens (tertiary/aromatic N) is 3. The Morgan fingerprint density at radius 2 is 1.77 bits per heavy atom. The first-order valence-corrected chi connectivity index (χ1v) is 10.2. The van der Waals surface area contributed by atoms with Gasteiger partial charge < -0.3 is 5.11 Å². The van der Waals surface area contributed by atoms with Crippen molar-refractivity contribution in [2.45, 2.75) is 13.5 Å². The monoisotopic (exact) mass is 432 g/mol. The molecule has 2 aromatic carbocycles. The Kier molecular flexibility index (Phi) is 7.70. The van der Waals surface area contributed by atoms with Gasteiger partial charge in [-0.1, -0.05) is 42.0 Å². The topological polar surface area (TPSA) is 126 Å². The normalized spacial score (nSPS) is 11.0. The van der Waals surface area contributed by atoms with Crippen LogP contribution in [0.2, 0.25) is 0 Å². The van der Waals surface area contributed by atoms with Crippen LogP contribution in [0.5, 0.6) is 0 Å². The average Bonchev–Trinajstić information content (AvgIpc) is 2.68. The van der Waals surface area contributed by atoms with Crippen molar-refractivity contribution in [1.29, 1.82) is 0 Å². The first-order valence-electron chi connectivity index (χ1n) is 8.67. The van der Waals surface area contributed by atoms with Crippen LogP contribution in [-0.2, 0) is 16.8 Å². The summed E-state index contributed by atoms with van der Waals surface area (Å²) in [5, 5.41) is 13.6. The Hall–Kier alpha value is -3.21. The lowest BCUT2D eigenvalue weighted by Gasteiger charge is -2.13. The molecule has 0 saturated carbocycles. The molecule has 3 rings (SSSR count). The molecule has 0 aliphatic heterocycles. The molecule has 8 nitrogen and oxygen atoms in total. The lowest BCUT2D eigenvalue weighted by Crippen LogP contribution is -2.32. The highest BCUT2D eigenvalue weighted by molar-refractivity contribution is 7.86. The molecule has 0 saturated heterocycles. The van der Waals surface area contributed by atoms with Crippen molar-refractivity contribution in [3.63, 3.8) is 0 Å². The van der Waals surface area contributed by atoms with E-state index in [9.17, 15) is 17.6 Å². The number of rotatable bonds is 5. The fourth-order valence-electron chi connectivity index (χ4n) is 2.37. The molecule has 0 amide bonds. The summed E-state index contributed by atoms with van der Waals surface area (Å²) in [6.07, 6.45) is 2.38. The zero-order valence-corrected chi connectivity index (χ0v) is 17.2. The Balaban J connectivity index is 0.000000216. The number of hydrogen-bond acceptors (Lipinski definition) is 5. The third-order valence-corrected chi connectivity index (χ3v) is 4.90. The number of aromatic nitrogens is 2. The number of carboxylic acids is 1. The molecule has 1 heterocycles. The predicted molar refractivity (Wildman–Crippen MR) is 110 cm³/mol. The zero-order valence-electron chi connectivity index (χ0n) is 16.4. The summed E-state index contributed by atoms with van der Waals surface area (Å²) in [4.78, 5) is 18.3. The second-order valence-corrected chi connectivity index (χ2v) is 8.05. The molecule has 3 N–H and O–H groups in total. The maximum Gasteiger partial charge on any atom is 0.338 e. The molecule has 0 fully saturated rings. The molecular formula is C20H21FN4O4S. The van der Waals surface area contributed by atoms with Crippen LogP contribution in [0, 0.1) is 12.7 Å². The van der Waals surface area contributed by atoms with Crippen LogP contribution in [-0.4, -0.2) is 40.8 Å². The third kappa shape index (κ3) is 6.99. The van der Waals surface area contributed by atoms with E-state index >= 15 is 0 Å². The molecule has 0 radical (unpaired) electrons. The number of aromatic carboxylic acids is 1. The van der Waals surface area contributed by atoms with E-state index in [4.69, 9.17) is 10.2 Å². The minimum atomic E-state index is -3.58. The standard InChI is InChI=1S/C11H7FN2O2.C9H14N2O2S/c12-9-3-1-2-7(4-9)10-13-5-8(6-14-10)11(15)16;1-8-4-3-5-9(6-8)7-11(2)14(10,12)13/h1-6H,(H,15,16);3-6H,7H2,1-2H3,(H2,10,12,13). The number of hydrogen-bond donors (Lipinski definition) is 2. The van der Waals surface area contributed by atoms with Crippen LogP contribution in [0.1, 0.15) is 21.5 Å². The highest BCUT2D eigenvalue weighted by atomic mass is 32.2. The minimum Gasteiger partial charge on any atom is -0.478 e. The molecule has 10 heteroatoms. The van der Waals surface area contributed by atoms with Crippen LogP contribution >= 0.6 is 0 Å². The van der Waals surface area contributed by atoms with Crippen LogP contribution in [0.4, 0.5) is 4.39 Å². The van der Waals surface area contributed by atoms with Crippen molar-refractivity contribution in [2.24, 2.45) is 5.14 Å². The van der Waals surface area contributed by atoms with Gasteiger partial charge in [-0.2, -0.15) is 12.7 Å². The van der Waals surface area contributed by atoms with E-state index in [2.05, 4.69) is 9.97 Å². The van der Waals surface area contributed by atoms with Crippen molar-refractivity contribution < 1.29 is 22.7 Å². The summed E-state index contributed by atoms with van der Waals surface area (Å²) in [6, 6.07) is 13.4. The van der Waals surface area contributed by atoms with Crippen LogP contribution in [0.25, 0.3) is 11.4 Å². The van der Waals surface area contributed by atoms with Crippen molar-refractivity contribution in [1.82, 2.24) is 14.3 Å². The fraction of sp³-hybridized carbons (Fsp3) is 0.150. The van der Waals surface area contributed by atoms with Gasteiger partial charge in [0.25, 0.3) is 10.2 Å². The third-order valence-electron chi connectivity index (χ3n) is 3.90. The second-order valence-electron chi connectivity index (χ2n) is 6.40. The van der Waals surface area contributed by atoms with Crippen LogP contribution in [0.15, 0.2) is 60.9 Å². The van der Waals surface area contributed by atoms with Crippen molar-refractivity contribution in [3.8, 4) is 11.4 Å². The number of benzene rings is 2. The van der Waals surface area contributed by atoms with E-state index in [0.717, 1.165) is 15.4 Å². The van der Waals surface area contributed by atoms with E-state index in [0.29, 0.717) is 17.9 Å². The minimum absolute atomic E-state index is 0.000142. The van der Waals surface area contributed by atoms with Gasteiger partial charge in [-0.25, -0.2) is 24.3 Å². The first kappa shape index (κ1) is 23.1. The molecule has 0 aliphatic carbocycles. The van der Waals surface area contributed by atoms with E-state index < -0.39 is 16.2 Å². The van der Waals surface area contributed by atoms with Gasteiger partial charge in [-0.15, -0.1) is 0 Å². The summed E-state index contributed by atoms with van der Waals surface area (Å²) in [7, 11) is -2.12. The van der Waals surface area contributed by atoms with E-state index in [-0.39, 0.29) is 11.4 Å². The van der Waals surface area contributed by atoms with Gasteiger partial charge in [0.05, 0.1) is 5.56 Å². The maximum absolute atomic E-state index is 12.9. The van der Waals surface area contributed by atoms with Gasteiger partial charge in [-0.05, 0) is 24.6 Å². The Morgan fingerprint density at radius 1 is 1.13 bits per heavy atom. The Morgan fingerprint density at radius 3 is 2.30 bits per heavy atom. The largest absolute Gasteiger partial charge is 0.478 e. The van der Waals surface area contributed by atoms with E-state index in [1.807, 2.05) is 31.2 Å². The summed E-state index contributed by atoms with van der Waals surface area (Å²) in [6.45, 7) is 2.26. The van der Waals surface area contributed by atoms with Gasteiger partial charge in [0.2, 0.25) is 0 Å². The van der Waals surface area contributed by atoms with Crippen molar-refractivity contribution in [3.05, 3.63) is 83.4 Å². The zero-order chi connectivity index (χ0) is 22.3. The SMILES string of the molecule is Cc1cccc(CN(C)S(N)(=O)=O)c1.O=C(O)c1cnc(-c2cccc(F)c2)nc1. The van der Waals surface area contributed by atoms with Gasteiger partial charge in [0.15, 0.2) is 5.82 Å². The quantitative estimate of drug-likeness (QED) is 0.638. The maximum atomic E-state index is 12.9. The summed E-state index contributed by atoms with van der Waals surface area (Å²) < 4.78 is 35.9. The summed E-state index contributed by atoms with van der Waals surface area (Å²) in [5.41, 5.74) is 2.55. The smallest absolute Gasteiger partial charge is 0.338 e. The average molecular weight is 432 g/mol. The van der Waals surface area contributed by atoms with Gasteiger partial charge in [0.1, 0.15) is 5.82 Å². The molecular weight excluding hydrogens is 411 g/mol. The Bertz CT molecular complexity index is 1120. The first-order chi connectivity index (χ1) is 14.1. The van der Waals surface area contributed by atoms with Crippen molar-refractivity contribution in [2.75, 3.05) is 7.05 Å². The molecule has 30 heavy (non-hydrogen) atoms. The number of halogens is 1. The van der Waals surface area contributed by atoms with Gasteiger partial charge in [-0.3, -0.25) is 0 Å². The molecule has 0 spiro atoms. The fourth-order valence-corrected chi connectivity index (χ4v) is 2.70. The van der Waals surface area contributed by atoms with Gasteiger partial charge >= 0.3 is 5.97 Å². The van der Waals surface area contributed by atoms with Gasteiger partial charge in [0, 0.05) is 31.5 Å². The predicted octanol–water partition coefficient (Wildman–Crippen LogP) is 2.61. The van der Waals surface area contributed by atoms with Crippen LogP contribution in [0.3, 0.4) is 0 Å². The molecule has 0 aliphatic rings. The molecule has 1 aromatic heterocycles. The number of carbonyl (C=O) groups is 1. The summed E-state index contributed by atoms with van der Waals surface area (Å²) in [5.74, 6) is -1.18. The number of aryl methyl sites for hydroxylation is 1. The lowest BCUT2D eigenvalue weighted by molar-refractivity contribution is 0.0696. The molecule has 0 bridgehead atoms. The molecule has 158 valence electrons. The molecule has 0 unspecified atom stereocenters. The number of carboxylic acid groups (broad SMARTS) is 1. The number of nitrogens with two attached hydrogens (primary N) is 1. The highest BCUT2D eigenvalue weighted by Gasteiger charge is 2.11. The second kappa shape index (κ2) is 10.0. The summed E-state index contributed by atoms with van der Waals surface area (Å²) >= 11 is 0. The highest BCUT2D eigenvalue weighted by Crippen LogP contribution is 2.15. The molecule has 0 atom stereocenters. The van der Waals surface area contributed by atoms with Crippen LogP contribution < -0.4 is 5.14 Å². The Labute approximate surface area is 174 Å². The van der Waals surface area contributed by atoms with Crippen molar-refractivity contribution >= 4 is 16.2 Å². The van der Waals surface area contributed by atoms with E-state index in [1.54, 1.807) is 12.1 Å². The lowest BCUT2D eigenvalue weighted by atomic mass is 10.1.